The van der Waals surface area contributed by atoms with Crippen LogP contribution in [0.5, 0.6) is 0 Å². The molecule has 0 N–H and O–H groups in total. The molecule has 5 heteroatoms. The highest BCUT2D eigenvalue weighted by Gasteiger charge is 2.10. The summed E-state index contributed by atoms with van der Waals surface area (Å²) in [5, 5.41) is 0. The molecule has 0 aliphatic heterocycles. The summed E-state index contributed by atoms with van der Waals surface area (Å²) >= 11 is 5.91. The lowest BCUT2D eigenvalue weighted by atomic mass is 10.2. The van der Waals surface area contributed by atoms with E-state index < -0.39 is 0 Å². The van der Waals surface area contributed by atoms with Crippen molar-refractivity contribution in [1.82, 2.24) is 14.5 Å². The van der Waals surface area contributed by atoms with Crippen LogP contribution in [0.4, 0.5) is 0 Å². The van der Waals surface area contributed by atoms with Crippen molar-refractivity contribution in [1.29, 1.82) is 0 Å². The fourth-order valence-corrected chi connectivity index (χ4v) is 2.02. The summed E-state index contributed by atoms with van der Waals surface area (Å²) < 4.78 is 7.63. The molecule has 0 spiro atoms. The molecule has 0 fully saturated rings. The van der Waals surface area contributed by atoms with E-state index in [9.17, 15) is 0 Å². The third-order valence-corrected chi connectivity index (χ3v) is 2.85. The van der Waals surface area contributed by atoms with Crippen LogP contribution in [0.25, 0.3) is 11.2 Å². The molecule has 2 aromatic heterocycles. The third-order valence-electron chi connectivity index (χ3n) is 2.61. The number of nitrogens with zero attached hydrogens (tertiary/aromatic N) is 3. The van der Waals surface area contributed by atoms with E-state index in [1.165, 1.54) is 0 Å². The number of halogens is 1. The molecule has 0 aromatic carbocycles. The van der Waals surface area contributed by atoms with E-state index in [4.69, 9.17) is 16.3 Å². The van der Waals surface area contributed by atoms with Crippen molar-refractivity contribution >= 4 is 22.8 Å². The fraction of sp³-hybridized carbons (Fsp3) is 0.538. The Labute approximate surface area is 112 Å². The zero-order chi connectivity index (χ0) is 13.0. The number of hydrogen-bond acceptors (Lipinski definition) is 3. The smallest absolute Gasteiger partial charge is 0.160 e. The minimum Gasteiger partial charge on any atom is -0.379 e. The van der Waals surface area contributed by atoms with Gasteiger partial charge in [0.15, 0.2) is 5.65 Å². The molecule has 0 radical (unpaired) electrons. The van der Waals surface area contributed by atoms with Crippen LogP contribution in [0.15, 0.2) is 18.3 Å². The molecule has 0 aliphatic carbocycles. The van der Waals surface area contributed by atoms with Gasteiger partial charge in [0.05, 0.1) is 12.5 Å². The van der Waals surface area contributed by atoms with Crippen molar-refractivity contribution < 1.29 is 4.74 Å². The molecule has 0 atom stereocenters. The van der Waals surface area contributed by atoms with Crippen molar-refractivity contribution in [2.24, 2.45) is 5.92 Å². The summed E-state index contributed by atoms with van der Waals surface area (Å²) in [6, 6.07) is 3.83. The number of fused-ring (bicyclic) bond motifs is 1. The highest BCUT2D eigenvalue weighted by Crippen LogP contribution is 2.14. The largest absolute Gasteiger partial charge is 0.379 e. The molecule has 0 bridgehead atoms. The van der Waals surface area contributed by atoms with Crippen LogP contribution in [0.1, 0.15) is 19.7 Å². The van der Waals surface area contributed by atoms with Crippen molar-refractivity contribution in [2.75, 3.05) is 13.2 Å². The number of alkyl halides is 1. The lowest BCUT2D eigenvalue weighted by Crippen LogP contribution is -2.11. The normalized spacial score (nSPS) is 11.6. The number of pyridine rings is 1. The monoisotopic (exact) mass is 267 g/mol. The zero-order valence-corrected chi connectivity index (χ0v) is 11.5. The van der Waals surface area contributed by atoms with Gasteiger partial charge in [0, 0.05) is 19.3 Å². The van der Waals surface area contributed by atoms with Crippen LogP contribution < -0.4 is 0 Å². The van der Waals surface area contributed by atoms with Crippen molar-refractivity contribution in [2.45, 2.75) is 26.3 Å². The minimum atomic E-state index is 0.389. The van der Waals surface area contributed by atoms with Crippen molar-refractivity contribution in [3.05, 3.63) is 24.2 Å². The van der Waals surface area contributed by atoms with Gasteiger partial charge in [0.25, 0.3) is 0 Å². The van der Waals surface area contributed by atoms with Crippen LogP contribution in [0, 0.1) is 5.92 Å². The number of imidazole rings is 1. The van der Waals surface area contributed by atoms with Crippen LogP contribution in [0.3, 0.4) is 0 Å². The summed E-state index contributed by atoms with van der Waals surface area (Å²) in [5.74, 6) is 1.79. The summed E-state index contributed by atoms with van der Waals surface area (Å²) in [6.45, 7) is 6.44. The van der Waals surface area contributed by atoms with Gasteiger partial charge in [-0.25, -0.2) is 9.97 Å². The van der Waals surface area contributed by atoms with E-state index in [-0.39, 0.29) is 0 Å². The van der Waals surface area contributed by atoms with Gasteiger partial charge in [-0.05, 0) is 18.1 Å². The molecule has 98 valence electrons. The number of ether oxygens (including phenoxy) is 1. The Bertz CT molecular complexity index is 510. The Morgan fingerprint density at radius 2 is 2.28 bits per heavy atom. The Hall–Kier alpha value is -1.13. The van der Waals surface area contributed by atoms with Crippen LogP contribution >= 0.6 is 11.6 Å². The van der Waals surface area contributed by atoms with Crippen LogP contribution in [0.2, 0.25) is 0 Å². The summed E-state index contributed by atoms with van der Waals surface area (Å²) in [5.41, 5.74) is 1.76. The maximum Gasteiger partial charge on any atom is 0.160 e. The molecule has 0 saturated heterocycles. The quantitative estimate of drug-likeness (QED) is 0.597. The van der Waals surface area contributed by atoms with E-state index in [0.29, 0.717) is 18.4 Å². The molecule has 0 amide bonds. The van der Waals surface area contributed by atoms with Crippen molar-refractivity contribution in [3.63, 3.8) is 0 Å². The van der Waals surface area contributed by atoms with Gasteiger partial charge in [-0.15, -0.1) is 11.6 Å². The molecule has 0 unspecified atom stereocenters. The Balaban J connectivity index is 2.10. The van der Waals surface area contributed by atoms with Gasteiger partial charge in [-0.2, -0.15) is 0 Å². The molecule has 0 aliphatic rings. The lowest BCUT2D eigenvalue weighted by molar-refractivity contribution is 0.103. The highest BCUT2D eigenvalue weighted by molar-refractivity contribution is 6.16. The first-order chi connectivity index (χ1) is 8.72. The second-order valence-electron chi connectivity index (χ2n) is 4.63. The summed E-state index contributed by atoms with van der Waals surface area (Å²) in [7, 11) is 0. The Kier molecular flexibility index (Phi) is 4.55. The van der Waals surface area contributed by atoms with E-state index in [0.717, 1.165) is 30.1 Å². The molecule has 0 saturated carbocycles. The van der Waals surface area contributed by atoms with E-state index >= 15 is 0 Å². The summed E-state index contributed by atoms with van der Waals surface area (Å²) in [4.78, 5) is 8.81. The minimum absolute atomic E-state index is 0.389. The first kappa shape index (κ1) is 13.3. The van der Waals surface area contributed by atoms with Gasteiger partial charge in [0.2, 0.25) is 0 Å². The van der Waals surface area contributed by atoms with Crippen LogP contribution in [-0.4, -0.2) is 27.7 Å². The predicted molar refractivity (Wildman–Crippen MR) is 72.7 cm³/mol. The van der Waals surface area contributed by atoms with E-state index in [1.807, 2.05) is 16.7 Å². The van der Waals surface area contributed by atoms with E-state index in [2.05, 4.69) is 23.8 Å². The van der Waals surface area contributed by atoms with Crippen molar-refractivity contribution in [3.8, 4) is 0 Å². The van der Waals surface area contributed by atoms with Gasteiger partial charge < -0.3 is 9.30 Å². The SMILES string of the molecule is CC(C)COCCn1c(CCl)nc2cccnc21. The molecule has 2 rings (SSSR count). The van der Waals surface area contributed by atoms with Gasteiger partial charge in [-0.3, -0.25) is 0 Å². The standard InChI is InChI=1S/C13H18ClN3O/c1-10(2)9-18-7-6-17-12(8-14)16-11-4-3-5-15-13(11)17/h3-5,10H,6-9H2,1-2H3. The molecular formula is C13H18ClN3O. The van der Waals surface area contributed by atoms with Crippen LogP contribution in [-0.2, 0) is 17.2 Å². The maximum atomic E-state index is 5.91. The number of rotatable bonds is 6. The van der Waals surface area contributed by atoms with Gasteiger partial charge in [0.1, 0.15) is 11.3 Å². The molecule has 2 heterocycles. The lowest BCUT2D eigenvalue weighted by Gasteiger charge is -2.09. The maximum absolute atomic E-state index is 5.91. The first-order valence-electron chi connectivity index (χ1n) is 6.16. The van der Waals surface area contributed by atoms with Gasteiger partial charge in [-0.1, -0.05) is 13.8 Å². The first-order valence-corrected chi connectivity index (χ1v) is 6.69. The average Bonchev–Trinajstić information content (AvgIpc) is 2.72. The van der Waals surface area contributed by atoms with E-state index in [1.54, 1.807) is 6.20 Å². The zero-order valence-electron chi connectivity index (χ0n) is 10.8. The second kappa shape index (κ2) is 6.16. The topological polar surface area (TPSA) is 39.9 Å². The number of hydrogen-bond donors (Lipinski definition) is 0. The molecule has 2 aromatic rings. The highest BCUT2D eigenvalue weighted by atomic mass is 35.5. The summed E-state index contributed by atoms with van der Waals surface area (Å²) in [6.07, 6.45) is 1.77. The Morgan fingerprint density at radius 3 is 3.00 bits per heavy atom. The average molecular weight is 268 g/mol. The number of aromatic nitrogens is 3. The molecular weight excluding hydrogens is 250 g/mol. The molecule has 18 heavy (non-hydrogen) atoms. The third kappa shape index (κ3) is 3.00. The second-order valence-corrected chi connectivity index (χ2v) is 4.90. The van der Waals surface area contributed by atoms with Gasteiger partial charge >= 0.3 is 0 Å². The molecule has 4 nitrogen and oxygen atoms in total. The predicted octanol–water partition coefficient (Wildman–Crippen LogP) is 2.84. The Morgan fingerprint density at radius 1 is 1.44 bits per heavy atom. The fourth-order valence-electron chi connectivity index (χ4n) is 1.82.